The lowest BCUT2D eigenvalue weighted by Crippen LogP contribution is -2.23. The summed E-state index contributed by atoms with van der Waals surface area (Å²) in [7, 11) is 1.91. The first-order chi connectivity index (χ1) is 8.91. The van der Waals surface area contributed by atoms with Gasteiger partial charge in [0.05, 0.1) is 0 Å². The molecule has 1 aromatic rings. The van der Waals surface area contributed by atoms with Crippen LogP contribution in [0.3, 0.4) is 0 Å². The molecule has 2 N–H and O–H groups in total. The van der Waals surface area contributed by atoms with Crippen LogP contribution in [-0.2, 0) is 5.41 Å². The fourth-order valence-corrected chi connectivity index (χ4v) is 3.23. The summed E-state index contributed by atoms with van der Waals surface area (Å²) in [5.74, 6) is 5.20. The van der Waals surface area contributed by atoms with Gasteiger partial charge in [-0.15, -0.1) is 0 Å². The number of nitrogens with one attached hydrogen (secondary N) is 2. The number of nitrogens with zero attached hydrogens (tertiary/aromatic N) is 2. The van der Waals surface area contributed by atoms with Gasteiger partial charge in [0.25, 0.3) is 0 Å². The molecule has 0 aromatic carbocycles. The van der Waals surface area contributed by atoms with Crippen molar-refractivity contribution in [3.05, 3.63) is 11.4 Å². The average Bonchev–Trinajstić information content (AvgIpc) is 2.83. The summed E-state index contributed by atoms with van der Waals surface area (Å²) in [4.78, 5) is 9.37. The first-order valence-corrected chi connectivity index (χ1v) is 7.98. The van der Waals surface area contributed by atoms with Crippen LogP contribution in [0.5, 0.6) is 0 Å². The van der Waals surface area contributed by atoms with E-state index in [4.69, 9.17) is 4.98 Å². The first kappa shape index (κ1) is 14.4. The molecule has 1 aromatic heterocycles. The van der Waals surface area contributed by atoms with Crippen LogP contribution in [0.25, 0.3) is 0 Å². The van der Waals surface area contributed by atoms with Crippen LogP contribution in [-0.4, -0.2) is 34.6 Å². The number of aromatic nitrogens is 2. The van der Waals surface area contributed by atoms with E-state index in [1.165, 1.54) is 17.9 Å². The fourth-order valence-electron chi connectivity index (χ4n) is 2.08. The van der Waals surface area contributed by atoms with Gasteiger partial charge in [-0.1, -0.05) is 20.8 Å². The monoisotopic (exact) mass is 280 g/mol. The van der Waals surface area contributed by atoms with Crippen molar-refractivity contribution in [3.63, 3.8) is 0 Å². The predicted octanol–water partition coefficient (Wildman–Crippen LogP) is 3.04. The van der Waals surface area contributed by atoms with E-state index >= 15 is 0 Å². The highest BCUT2D eigenvalue weighted by atomic mass is 32.2. The lowest BCUT2D eigenvalue weighted by molar-refractivity contribution is 0.545. The van der Waals surface area contributed by atoms with Gasteiger partial charge in [0.15, 0.2) is 0 Å². The van der Waals surface area contributed by atoms with E-state index in [0.717, 1.165) is 23.0 Å². The molecular weight excluding hydrogens is 256 g/mol. The van der Waals surface area contributed by atoms with Crippen LogP contribution in [0.1, 0.15) is 38.6 Å². The summed E-state index contributed by atoms with van der Waals surface area (Å²) in [6.45, 7) is 8.51. The highest BCUT2D eigenvalue weighted by molar-refractivity contribution is 7.99. The summed E-state index contributed by atoms with van der Waals surface area (Å²) in [5, 5.41) is 6.76. The zero-order chi connectivity index (χ0) is 14.0. The molecule has 0 aliphatic carbocycles. The largest absolute Gasteiger partial charge is 0.373 e. The molecule has 5 heteroatoms. The number of hydrogen-bond donors (Lipinski definition) is 2. The maximum atomic E-state index is 4.74. The molecule has 2 heterocycles. The Morgan fingerprint density at radius 2 is 1.89 bits per heavy atom. The Morgan fingerprint density at radius 3 is 2.42 bits per heavy atom. The van der Waals surface area contributed by atoms with E-state index in [-0.39, 0.29) is 5.41 Å². The maximum absolute atomic E-state index is 4.74. The van der Waals surface area contributed by atoms with Gasteiger partial charge >= 0.3 is 0 Å². The molecule has 0 saturated carbocycles. The molecule has 0 bridgehead atoms. The number of rotatable bonds is 3. The second kappa shape index (κ2) is 5.57. The minimum Gasteiger partial charge on any atom is -0.373 e. The third-order valence-corrected chi connectivity index (χ3v) is 4.49. The van der Waals surface area contributed by atoms with E-state index < -0.39 is 0 Å². The van der Waals surface area contributed by atoms with Crippen molar-refractivity contribution < 1.29 is 0 Å². The van der Waals surface area contributed by atoms with E-state index in [1.807, 2.05) is 18.8 Å². The third-order valence-electron chi connectivity index (χ3n) is 3.32. The molecule has 106 valence electrons. The van der Waals surface area contributed by atoms with Gasteiger partial charge in [-0.05, 0) is 19.1 Å². The molecule has 0 radical (unpaired) electrons. The molecule has 1 aliphatic heterocycles. The summed E-state index contributed by atoms with van der Waals surface area (Å²) in [5.41, 5.74) is 1.06. The molecule has 0 amide bonds. The van der Waals surface area contributed by atoms with Crippen LogP contribution in [0.4, 0.5) is 11.6 Å². The zero-order valence-electron chi connectivity index (χ0n) is 12.5. The van der Waals surface area contributed by atoms with E-state index in [0.29, 0.717) is 6.04 Å². The van der Waals surface area contributed by atoms with Crippen molar-refractivity contribution in [2.24, 2.45) is 0 Å². The predicted molar refractivity (Wildman–Crippen MR) is 84.4 cm³/mol. The van der Waals surface area contributed by atoms with Gasteiger partial charge in [-0.2, -0.15) is 11.8 Å². The summed E-state index contributed by atoms with van der Waals surface area (Å²) in [6.07, 6.45) is 1.22. The van der Waals surface area contributed by atoms with E-state index in [9.17, 15) is 0 Å². The smallest absolute Gasteiger partial charge is 0.138 e. The quantitative estimate of drug-likeness (QED) is 0.891. The van der Waals surface area contributed by atoms with Crippen LogP contribution in [0.2, 0.25) is 0 Å². The lowest BCUT2D eigenvalue weighted by atomic mass is 9.95. The van der Waals surface area contributed by atoms with Gasteiger partial charge in [0, 0.05) is 29.8 Å². The molecule has 2 rings (SSSR count). The standard InChI is InChI=1S/C14H24N4S/c1-9-11(15-5)17-13(14(2,3)4)18-12(9)16-10-6-7-19-8-10/h10H,6-8H2,1-5H3,(H2,15,16,17,18). The van der Waals surface area contributed by atoms with Gasteiger partial charge in [-0.3, -0.25) is 0 Å². The Kier molecular flexibility index (Phi) is 4.23. The summed E-state index contributed by atoms with van der Waals surface area (Å²) in [6, 6.07) is 0.538. The van der Waals surface area contributed by atoms with Crippen molar-refractivity contribution in [1.82, 2.24) is 9.97 Å². The molecular formula is C14H24N4S. The minimum atomic E-state index is -0.0415. The molecule has 19 heavy (non-hydrogen) atoms. The average molecular weight is 280 g/mol. The van der Waals surface area contributed by atoms with Crippen molar-refractivity contribution in [1.29, 1.82) is 0 Å². The topological polar surface area (TPSA) is 49.8 Å². The second-order valence-corrected chi connectivity index (χ2v) is 7.22. The molecule has 1 saturated heterocycles. The number of hydrogen-bond acceptors (Lipinski definition) is 5. The van der Waals surface area contributed by atoms with Gasteiger partial charge in [-0.25, -0.2) is 9.97 Å². The van der Waals surface area contributed by atoms with Gasteiger partial charge in [0.2, 0.25) is 0 Å². The molecule has 1 aliphatic rings. The number of anilines is 2. The molecule has 1 fully saturated rings. The lowest BCUT2D eigenvalue weighted by Gasteiger charge is -2.22. The van der Waals surface area contributed by atoms with Gasteiger partial charge < -0.3 is 10.6 Å². The van der Waals surface area contributed by atoms with Gasteiger partial charge in [0.1, 0.15) is 17.5 Å². The van der Waals surface area contributed by atoms with Crippen molar-refractivity contribution in [2.45, 2.75) is 45.6 Å². The van der Waals surface area contributed by atoms with E-state index in [2.05, 4.69) is 43.3 Å². The highest BCUT2D eigenvalue weighted by Crippen LogP contribution is 2.28. The molecule has 0 spiro atoms. The fraction of sp³-hybridized carbons (Fsp3) is 0.714. The second-order valence-electron chi connectivity index (χ2n) is 6.07. The van der Waals surface area contributed by atoms with Crippen LogP contribution in [0.15, 0.2) is 0 Å². The third kappa shape index (κ3) is 3.32. The Hall–Kier alpha value is -0.970. The first-order valence-electron chi connectivity index (χ1n) is 6.83. The minimum absolute atomic E-state index is 0.0415. The van der Waals surface area contributed by atoms with E-state index in [1.54, 1.807) is 0 Å². The SMILES string of the molecule is CNc1nc(C(C)(C)C)nc(NC2CCSC2)c1C. The van der Waals surface area contributed by atoms with Crippen LogP contribution < -0.4 is 10.6 Å². The summed E-state index contributed by atoms with van der Waals surface area (Å²) >= 11 is 2.01. The zero-order valence-corrected chi connectivity index (χ0v) is 13.3. The highest BCUT2D eigenvalue weighted by Gasteiger charge is 2.23. The number of thioether (sulfide) groups is 1. The Morgan fingerprint density at radius 1 is 1.21 bits per heavy atom. The normalized spacial score (nSPS) is 19.5. The molecule has 4 nitrogen and oxygen atoms in total. The Bertz CT molecular complexity index is 447. The van der Waals surface area contributed by atoms with Crippen LogP contribution in [0, 0.1) is 6.92 Å². The molecule has 1 unspecified atom stereocenters. The van der Waals surface area contributed by atoms with Crippen molar-refractivity contribution >= 4 is 23.4 Å². The Labute approximate surface area is 120 Å². The summed E-state index contributed by atoms with van der Waals surface area (Å²) < 4.78 is 0. The Balaban J connectivity index is 2.34. The van der Waals surface area contributed by atoms with Crippen molar-refractivity contribution in [2.75, 3.05) is 29.2 Å². The van der Waals surface area contributed by atoms with Crippen molar-refractivity contribution in [3.8, 4) is 0 Å². The van der Waals surface area contributed by atoms with Crippen LogP contribution >= 0.6 is 11.8 Å². The maximum Gasteiger partial charge on any atom is 0.138 e. The molecule has 1 atom stereocenters.